The normalized spacial score (nSPS) is 16.8. The van der Waals surface area contributed by atoms with Crippen LogP contribution in [-0.2, 0) is 4.79 Å². The zero-order valence-electron chi connectivity index (χ0n) is 15.0. The van der Waals surface area contributed by atoms with Gasteiger partial charge >= 0.3 is 0 Å². The number of carbonyl (C=O) groups excluding carboxylic acids is 1. The number of methoxy groups -OCH3 is 1. The number of hydrogen-bond acceptors (Lipinski definition) is 5. The van der Waals surface area contributed by atoms with E-state index >= 15 is 0 Å². The van der Waals surface area contributed by atoms with E-state index in [4.69, 9.17) is 20.9 Å². The van der Waals surface area contributed by atoms with Gasteiger partial charge in [-0.25, -0.2) is 0 Å². The molecule has 1 aromatic heterocycles. The molecule has 1 aliphatic heterocycles. The maximum absolute atomic E-state index is 12.6. The Morgan fingerprint density at radius 3 is 2.74 bits per heavy atom. The highest BCUT2D eigenvalue weighted by atomic mass is 35.5. The Morgan fingerprint density at radius 2 is 2.00 bits per heavy atom. The fourth-order valence-corrected chi connectivity index (χ4v) is 3.37. The molecule has 2 aromatic carbocycles. The molecular formula is C20H18ClN3O3. The molecule has 3 aromatic rings. The quantitative estimate of drug-likeness (QED) is 0.674. The van der Waals surface area contributed by atoms with Crippen LogP contribution in [0.5, 0.6) is 5.75 Å². The van der Waals surface area contributed by atoms with E-state index in [0.29, 0.717) is 41.1 Å². The van der Waals surface area contributed by atoms with Crippen LogP contribution in [0, 0.1) is 6.92 Å². The van der Waals surface area contributed by atoms with Gasteiger partial charge in [-0.1, -0.05) is 46.6 Å². The number of carbonyl (C=O) groups is 1. The summed E-state index contributed by atoms with van der Waals surface area (Å²) in [5.74, 6) is 1.38. The number of aromatic nitrogens is 2. The number of ether oxygens (including phenoxy) is 1. The van der Waals surface area contributed by atoms with Crippen LogP contribution in [0.25, 0.3) is 11.4 Å². The highest BCUT2D eigenvalue weighted by Gasteiger charge is 2.36. The minimum Gasteiger partial charge on any atom is -0.495 e. The molecule has 1 atom stereocenters. The van der Waals surface area contributed by atoms with E-state index in [9.17, 15) is 4.79 Å². The van der Waals surface area contributed by atoms with Crippen LogP contribution in [-0.4, -0.2) is 29.7 Å². The van der Waals surface area contributed by atoms with Crippen LogP contribution in [0.1, 0.15) is 23.8 Å². The second-order valence-electron chi connectivity index (χ2n) is 6.54. The van der Waals surface area contributed by atoms with Crippen molar-refractivity contribution in [2.45, 2.75) is 19.3 Å². The predicted molar refractivity (Wildman–Crippen MR) is 102 cm³/mol. The third-order valence-electron chi connectivity index (χ3n) is 4.66. The van der Waals surface area contributed by atoms with Gasteiger partial charge < -0.3 is 14.2 Å². The largest absolute Gasteiger partial charge is 0.495 e. The fraction of sp³-hybridized carbons (Fsp3) is 0.250. The maximum atomic E-state index is 12.6. The molecule has 138 valence electrons. The monoisotopic (exact) mass is 383 g/mol. The van der Waals surface area contributed by atoms with Crippen molar-refractivity contribution in [3.63, 3.8) is 0 Å². The van der Waals surface area contributed by atoms with Gasteiger partial charge in [0.25, 0.3) is 0 Å². The molecule has 0 N–H and O–H groups in total. The average Bonchev–Trinajstić information content (AvgIpc) is 3.29. The van der Waals surface area contributed by atoms with Gasteiger partial charge in [-0.05, 0) is 25.1 Å². The Labute approximate surface area is 161 Å². The number of benzene rings is 2. The van der Waals surface area contributed by atoms with E-state index in [1.54, 1.807) is 30.2 Å². The van der Waals surface area contributed by atoms with Crippen molar-refractivity contribution in [3.8, 4) is 17.1 Å². The Balaban J connectivity index is 1.58. The van der Waals surface area contributed by atoms with E-state index in [1.807, 2.05) is 31.2 Å². The molecule has 0 spiro atoms. The molecule has 7 heteroatoms. The number of anilines is 1. The van der Waals surface area contributed by atoms with Crippen molar-refractivity contribution in [1.82, 2.24) is 10.1 Å². The van der Waals surface area contributed by atoms with Gasteiger partial charge in [0, 0.05) is 23.6 Å². The summed E-state index contributed by atoms with van der Waals surface area (Å²) in [6.07, 6.45) is 0.297. The highest BCUT2D eigenvalue weighted by Crippen LogP contribution is 2.37. The topological polar surface area (TPSA) is 68.5 Å². The predicted octanol–water partition coefficient (Wildman–Crippen LogP) is 4.23. The molecule has 2 heterocycles. The first kappa shape index (κ1) is 17.5. The minimum atomic E-state index is -0.173. The lowest BCUT2D eigenvalue weighted by Gasteiger charge is -2.19. The number of nitrogens with zero attached hydrogens (tertiary/aromatic N) is 3. The average molecular weight is 384 g/mol. The fourth-order valence-electron chi connectivity index (χ4n) is 3.20. The van der Waals surface area contributed by atoms with E-state index in [-0.39, 0.29) is 11.8 Å². The van der Waals surface area contributed by atoms with Crippen molar-refractivity contribution >= 4 is 23.2 Å². The van der Waals surface area contributed by atoms with E-state index in [2.05, 4.69) is 10.1 Å². The van der Waals surface area contributed by atoms with Gasteiger partial charge in [-0.15, -0.1) is 0 Å². The second kappa shape index (κ2) is 7.04. The SMILES string of the molecule is COc1ccc(Cl)cc1N1C[C@H](c2nc(-c3ccc(C)cc3)no2)CC1=O. The molecule has 1 fully saturated rings. The van der Waals surface area contributed by atoms with Gasteiger partial charge in [0.15, 0.2) is 0 Å². The van der Waals surface area contributed by atoms with Crippen molar-refractivity contribution in [2.75, 3.05) is 18.6 Å². The lowest BCUT2D eigenvalue weighted by Crippen LogP contribution is -2.24. The van der Waals surface area contributed by atoms with Crippen molar-refractivity contribution in [1.29, 1.82) is 0 Å². The van der Waals surface area contributed by atoms with Gasteiger partial charge in [0.1, 0.15) is 5.75 Å². The summed E-state index contributed by atoms with van der Waals surface area (Å²) in [5, 5.41) is 4.61. The molecule has 0 saturated carbocycles. The van der Waals surface area contributed by atoms with E-state index < -0.39 is 0 Å². The molecule has 0 unspecified atom stereocenters. The summed E-state index contributed by atoms with van der Waals surface area (Å²) in [5.41, 5.74) is 2.69. The van der Waals surface area contributed by atoms with Gasteiger partial charge in [0.05, 0.1) is 18.7 Å². The van der Waals surface area contributed by atoms with Crippen LogP contribution in [0.3, 0.4) is 0 Å². The number of hydrogen-bond donors (Lipinski definition) is 0. The van der Waals surface area contributed by atoms with Gasteiger partial charge in [-0.3, -0.25) is 4.79 Å². The van der Waals surface area contributed by atoms with Crippen LogP contribution >= 0.6 is 11.6 Å². The summed E-state index contributed by atoms with van der Waals surface area (Å²) < 4.78 is 10.8. The molecule has 1 saturated heterocycles. The molecule has 1 aliphatic rings. The summed E-state index contributed by atoms with van der Waals surface area (Å²) in [6.45, 7) is 2.46. The number of halogens is 1. The van der Waals surface area contributed by atoms with Crippen LogP contribution < -0.4 is 9.64 Å². The molecule has 0 radical (unpaired) electrons. The molecule has 0 aliphatic carbocycles. The summed E-state index contributed by atoms with van der Waals surface area (Å²) in [7, 11) is 1.57. The summed E-state index contributed by atoms with van der Waals surface area (Å²) >= 11 is 6.10. The summed E-state index contributed by atoms with van der Waals surface area (Å²) in [4.78, 5) is 18.7. The van der Waals surface area contributed by atoms with Crippen LogP contribution in [0.2, 0.25) is 5.02 Å². The Morgan fingerprint density at radius 1 is 1.22 bits per heavy atom. The Hall–Kier alpha value is -2.86. The Kier molecular flexibility index (Phi) is 4.58. The maximum Gasteiger partial charge on any atom is 0.232 e. The van der Waals surface area contributed by atoms with Crippen LogP contribution in [0.15, 0.2) is 47.0 Å². The summed E-state index contributed by atoms with van der Waals surface area (Å²) in [6, 6.07) is 13.1. The molecule has 0 bridgehead atoms. The third kappa shape index (κ3) is 3.40. The minimum absolute atomic E-state index is 0.0318. The van der Waals surface area contributed by atoms with Crippen molar-refractivity contribution in [3.05, 3.63) is 58.9 Å². The van der Waals surface area contributed by atoms with Crippen molar-refractivity contribution in [2.24, 2.45) is 0 Å². The van der Waals surface area contributed by atoms with Gasteiger partial charge in [-0.2, -0.15) is 4.98 Å². The zero-order valence-corrected chi connectivity index (χ0v) is 15.7. The molecule has 4 rings (SSSR count). The van der Waals surface area contributed by atoms with Gasteiger partial charge in [0.2, 0.25) is 17.6 Å². The number of rotatable bonds is 4. The lowest BCUT2D eigenvalue weighted by molar-refractivity contribution is -0.117. The molecule has 27 heavy (non-hydrogen) atoms. The third-order valence-corrected chi connectivity index (χ3v) is 4.89. The molecule has 1 amide bonds. The zero-order chi connectivity index (χ0) is 19.0. The van der Waals surface area contributed by atoms with Crippen LogP contribution in [0.4, 0.5) is 5.69 Å². The Bertz CT molecular complexity index is 984. The highest BCUT2D eigenvalue weighted by molar-refractivity contribution is 6.31. The number of aryl methyl sites for hydroxylation is 1. The first-order chi connectivity index (χ1) is 13.0. The first-order valence-corrected chi connectivity index (χ1v) is 8.97. The first-order valence-electron chi connectivity index (χ1n) is 8.59. The standard InChI is InChI=1S/C20H18ClN3O3/c1-12-3-5-13(6-4-12)19-22-20(27-23-19)14-9-18(25)24(11-14)16-10-15(21)7-8-17(16)26-2/h3-8,10,14H,9,11H2,1-2H3/t14-/m1/s1. The molecule has 6 nitrogen and oxygen atoms in total. The molecular weight excluding hydrogens is 366 g/mol. The second-order valence-corrected chi connectivity index (χ2v) is 6.98. The lowest BCUT2D eigenvalue weighted by atomic mass is 10.1. The van der Waals surface area contributed by atoms with Crippen molar-refractivity contribution < 1.29 is 14.1 Å². The smallest absolute Gasteiger partial charge is 0.232 e. The number of amides is 1. The van der Waals surface area contributed by atoms with E-state index in [1.165, 1.54) is 0 Å². The van der Waals surface area contributed by atoms with E-state index in [0.717, 1.165) is 11.1 Å².